The first kappa shape index (κ1) is 16.3. The summed E-state index contributed by atoms with van der Waals surface area (Å²) in [4.78, 5) is 0.169. The van der Waals surface area contributed by atoms with Gasteiger partial charge in [0, 0.05) is 8.59 Å². The van der Waals surface area contributed by atoms with Crippen molar-refractivity contribution in [2.45, 2.75) is 31.0 Å². The van der Waals surface area contributed by atoms with Gasteiger partial charge in [0.05, 0.1) is 4.83 Å². The molecule has 0 radical (unpaired) electrons. The molecule has 0 aliphatic heterocycles. The summed E-state index contributed by atoms with van der Waals surface area (Å²) in [7, 11) is 0. The largest absolute Gasteiger partial charge is 0.0843 e. The lowest BCUT2D eigenvalue weighted by molar-refractivity contribution is 0.590. The van der Waals surface area contributed by atoms with Crippen molar-refractivity contribution >= 4 is 50.1 Å². The summed E-state index contributed by atoms with van der Waals surface area (Å²) in [5.41, 5.74) is 3.99. The fraction of sp³-hybridized carbons (Fsp3) is 0.294. The monoisotopic (exact) mass is 462 g/mol. The van der Waals surface area contributed by atoms with Crippen LogP contribution in [0.3, 0.4) is 0 Å². The Hall–Kier alpha value is -0.0600. The molecule has 0 spiro atoms. The van der Waals surface area contributed by atoms with Gasteiger partial charge in [0.15, 0.2) is 0 Å². The Kier molecular flexibility index (Phi) is 5.19. The molecule has 106 valence electrons. The summed E-state index contributed by atoms with van der Waals surface area (Å²) in [5.74, 6) is 0. The van der Waals surface area contributed by atoms with Crippen LogP contribution >= 0.6 is 50.1 Å². The molecule has 0 saturated carbocycles. The highest BCUT2D eigenvalue weighted by Crippen LogP contribution is 2.36. The molecule has 0 N–H and O–H groups in total. The molecule has 2 aromatic rings. The molecule has 0 aliphatic carbocycles. The smallest absolute Gasteiger partial charge is 0.0655 e. The van der Waals surface area contributed by atoms with Gasteiger partial charge < -0.3 is 0 Å². The van der Waals surface area contributed by atoms with Crippen LogP contribution in [-0.4, -0.2) is 0 Å². The maximum atomic E-state index is 6.11. The Morgan fingerprint density at radius 3 is 2.20 bits per heavy atom. The van der Waals surface area contributed by atoms with Gasteiger partial charge in [-0.25, -0.2) is 0 Å². The summed E-state index contributed by atoms with van der Waals surface area (Å²) in [6, 6.07) is 14.8. The van der Waals surface area contributed by atoms with E-state index in [4.69, 9.17) is 11.6 Å². The van der Waals surface area contributed by atoms with Gasteiger partial charge in [0.2, 0.25) is 0 Å². The molecule has 20 heavy (non-hydrogen) atoms. The Morgan fingerprint density at radius 2 is 1.65 bits per heavy atom. The average Bonchev–Trinajstić information content (AvgIpc) is 2.40. The van der Waals surface area contributed by atoms with Gasteiger partial charge in [-0.2, -0.15) is 0 Å². The van der Waals surface area contributed by atoms with E-state index in [0.717, 1.165) is 5.02 Å². The summed E-state index contributed by atoms with van der Waals surface area (Å²) in [6.07, 6.45) is 0. The van der Waals surface area contributed by atoms with Gasteiger partial charge in [0.1, 0.15) is 0 Å². The fourth-order valence-corrected chi connectivity index (χ4v) is 3.98. The van der Waals surface area contributed by atoms with Gasteiger partial charge in [-0.3, -0.25) is 0 Å². The van der Waals surface area contributed by atoms with Crippen molar-refractivity contribution in [1.29, 1.82) is 0 Å². The van der Waals surface area contributed by atoms with Crippen LogP contribution in [0.15, 0.2) is 42.5 Å². The van der Waals surface area contributed by atoms with E-state index in [1.807, 2.05) is 12.1 Å². The van der Waals surface area contributed by atoms with Crippen molar-refractivity contribution in [2.24, 2.45) is 0 Å². The molecular weight excluding hydrogens is 446 g/mol. The van der Waals surface area contributed by atoms with Crippen molar-refractivity contribution in [3.8, 4) is 0 Å². The predicted octanol–water partition coefficient (Wildman–Crippen LogP) is 6.73. The van der Waals surface area contributed by atoms with E-state index in [-0.39, 0.29) is 10.2 Å². The average molecular weight is 464 g/mol. The summed E-state index contributed by atoms with van der Waals surface area (Å²) in [6.45, 7) is 6.69. The second kappa shape index (κ2) is 6.37. The molecule has 2 rings (SSSR count). The maximum Gasteiger partial charge on any atom is 0.0655 e. The Morgan fingerprint density at radius 1 is 1.05 bits per heavy atom. The van der Waals surface area contributed by atoms with Crippen LogP contribution in [-0.2, 0) is 5.41 Å². The molecule has 3 heteroatoms. The minimum absolute atomic E-state index is 0.169. The quantitative estimate of drug-likeness (QED) is 0.342. The first-order valence-electron chi connectivity index (χ1n) is 6.48. The highest BCUT2D eigenvalue weighted by molar-refractivity contribution is 14.1. The van der Waals surface area contributed by atoms with Gasteiger partial charge in [-0.05, 0) is 62.9 Å². The van der Waals surface area contributed by atoms with Crippen molar-refractivity contribution in [1.82, 2.24) is 0 Å². The van der Waals surface area contributed by atoms with E-state index < -0.39 is 0 Å². The first-order chi connectivity index (χ1) is 9.29. The Bertz CT molecular complexity index is 599. The third kappa shape index (κ3) is 3.77. The number of halogens is 3. The van der Waals surface area contributed by atoms with Crippen LogP contribution in [0.2, 0.25) is 5.02 Å². The zero-order valence-corrected chi connectivity index (χ0v) is 16.3. The SMILES string of the molecule is CC(C)(C)c1ccc(C(Br)c2cc(Cl)ccc2I)cc1. The van der Waals surface area contributed by atoms with E-state index in [2.05, 4.69) is 89.6 Å². The van der Waals surface area contributed by atoms with Crippen molar-refractivity contribution in [2.75, 3.05) is 0 Å². The minimum atomic E-state index is 0.169. The molecule has 0 fully saturated rings. The van der Waals surface area contributed by atoms with Gasteiger partial charge >= 0.3 is 0 Å². The lowest BCUT2D eigenvalue weighted by atomic mass is 9.86. The molecule has 0 amide bonds. The van der Waals surface area contributed by atoms with Crippen LogP contribution in [0.1, 0.15) is 42.3 Å². The van der Waals surface area contributed by atoms with Gasteiger partial charge in [0.25, 0.3) is 0 Å². The van der Waals surface area contributed by atoms with Crippen LogP contribution in [0.4, 0.5) is 0 Å². The summed E-state index contributed by atoms with van der Waals surface area (Å²) >= 11 is 12.2. The molecule has 0 aromatic heterocycles. The van der Waals surface area contributed by atoms with E-state index in [1.54, 1.807) is 0 Å². The normalized spacial score (nSPS) is 13.3. The van der Waals surface area contributed by atoms with Gasteiger partial charge in [-0.1, -0.05) is 72.6 Å². The molecular formula is C17H17BrClI. The van der Waals surface area contributed by atoms with Crippen LogP contribution in [0, 0.1) is 3.57 Å². The van der Waals surface area contributed by atoms with Crippen LogP contribution in [0.25, 0.3) is 0 Å². The highest BCUT2D eigenvalue weighted by atomic mass is 127. The van der Waals surface area contributed by atoms with Crippen LogP contribution < -0.4 is 0 Å². The van der Waals surface area contributed by atoms with E-state index in [9.17, 15) is 0 Å². The Labute approximate surface area is 148 Å². The third-order valence-electron chi connectivity index (χ3n) is 3.30. The number of benzene rings is 2. The van der Waals surface area contributed by atoms with Crippen molar-refractivity contribution in [3.63, 3.8) is 0 Å². The molecule has 1 unspecified atom stereocenters. The molecule has 0 saturated heterocycles. The lowest BCUT2D eigenvalue weighted by Crippen LogP contribution is -2.10. The molecule has 0 aliphatic rings. The zero-order chi connectivity index (χ0) is 14.9. The van der Waals surface area contributed by atoms with Crippen molar-refractivity contribution in [3.05, 3.63) is 67.7 Å². The predicted molar refractivity (Wildman–Crippen MR) is 100 cm³/mol. The highest BCUT2D eigenvalue weighted by Gasteiger charge is 2.17. The number of hydrogen-bond donors (Lipinski definition) is 0. The second-order valence-electron chi connectivity index (χ2n) is 5.90. The van der Waals surface area contributed by atoms with Crippen molar-refractivity contribution < 1.29 is 0 Å². The standard InChI is InChI=1S/C17H17BrClI/c1-17(2,3)12-6-4-11(5-7-12)16(18)14-10-13(19)8-9-15(14)20/h4-10,16H,1-3H3. The number of hydrogen-bond acceptors (Lipinski definition) is 0. The Balaban J connectivity index is 2.34. The summed E-state index contributed by atoms with van der Waals surface area (Å²) < 4.78 is 1.22. The maximum absolute atomic E-state index is 6.11. The molecule has 0 nitrogen and oxygen atoms in total. The zero-order valence-electron chi connectivity index (χ0n) is 11.8. The molecule has 0 bridgehead atoms. The van der Waals surface area contributed by atoms with E-state index in [1.165, 1.54) is 20.3 Å². The fourth-order valence-electron chi connectivity index (χ4n) is 2.04. The van der Waals surface area contributed by atoms with E-state index in [0.29, 0.717) is 0 Å². The minimum Gasteiger partial charge on any atom is -0.0843 e. The third-order valence-corrected chi connectivity index (χ3v) is 5.54. The van der Waals surface area contributed by atoms with Crippen LogP contribution in [0.5, 0.6) is 0 Å². The lowest BCUT2D eigenvalue weighted by Gasteiger charge is -2.20. The van der Waals surface area contributed by atoms with E-state index >= 15 is 0 Å². The molecule has 0 heterocycles. The second-order valence-corrected chi connectivity index (χ2v) is 8.41. The molecule has 1 atom stereocenters. The van der Waals surface area contributed by atoms with Gasteiger partial charge in [-0.15, -0.1) is 0 Å². The number of rotatable bonds is 2. The summed E-state index contributed by atoms with van der Waals surface area (Å²) in [5, 5.41) is 0.774. The number of alkyl halides is 1. The first-order valence-corrected chi connectivity index (χ1v) is 8.86. The topological polar surface area (TPSA) is 0 Å². The molecule has 2 aromatic carbocycles.